The van der Waals surface area contributed by atoms with Crippen molar-refractivity contribution in [1.29, 1.82) is 0 Å². The maximum absolute atomic E-state index is 12.6. The Labute approximate surface area is 149 Å². The second-order valence-electron chi connectivity index (χ2n) is 6.56. The maximum Gasteiger partial charge on any atom is 0.262 e. The zero-order valence-corrected chi connectivity index (χ0v) is 15.6. The molecule has 0 amide bonds. The van der Waals surface area contributed by atoms with Crippen molar-refractivity contribution in [2.24, 2.45) is 0 Å². The summed E-state index contributed by atoms with van der Waals surface area (Å²) in [6, 6.07) is 14.8. The molecule has 0 aromatic heterocycles. The quantitative estimate of drug-likeness (QED) is 0.908. The summed E-state index contributed by atoms with van der Waals surface area (Å²) in [5.74, 6) is 0. The van der Waals surface area contributed by atoms with Gasteiger partial charge in [-0.3, -0.25) is 4.72 Å². The van der Waals surface area contributed by atoms with Crippen molar-refractivity contribution >= 4 is 21.4 Å². The third kappa shape index (κ3) is 3.96. The van der Waals surface area contributed by atoms with Crippen molar-refractivity contribution in [2.45, 2.75) is 37.8 Å². The van der Waals surface area contributed by atoms with E-state index in [9.17, 15) is 8.42 Å². The van der Waals surface area contributed by atoms with Gasteiger partial charge in [-0.2, -0.15) is 0 Å². The second-order valence-corrected chi connectivity index (χ2v) is 8.21. The van der Waals surface area contributed by atoms with Crippen LogP contribution in [0.5, 0.6) is 0 Å². The Morgan fingerprint density at radius 2 is 1.76 bits per heavy atom. The van der Waals surface area contributed by atoms with Crippen LogP contribution in [-0.2, 0) is 14.8 Å². The highest BCUT2D eigenvalue weighted by Crippen LogP contribution is 2.25. The van der Waals surface area contributed by atoms with E-state index >= 15 is 0 Å². The maximum atomic E-state index is 12.6. The third-order valence-corrected chi connectivity index (χ3v) is 5.98. The zero-order valence-electron chi connectivity index (χ0n) is 14.8. The van der Waals surface area contributed by atoms with Crippen LogP contribution in [-0.4, -0.2) is 33.7 Å². The first kappa shape index (κ1) is 17.8. The number of hydrogen-bond donors (Lipinski definition) is 1. The highest BCUT2D eigenvalue weighted by Gasteiger charge is 2.23. The van der Waals surface area contributed by atoms with Crippen molar-refractivity contribution in [3.8, 4) is 0 Å². The molecule has 0 bridgehead atoms. The fourth-order valence-corrected chi connectivity index (χ4v) is 4.36. The number of anilines is 2. The minimum absolute atomic E-state index is 0.190. The summed E-state index contributed by atoms with van der Waals surface area (Å²) >= 11 is 0. The number of sulfonamides is 1. The summed E-state index contributed by atoms with van der Waals surface area (Å²) in [5.41, 5.74) is 2.35. The molecule has 2 aromatic rings. The van der Waals surface area contributed by atoms with Crippen LogP contribution in [0.2, 0.25) is 0 Å². The van der Waals surface area contributed by atoms with E-state index in [0.29, 0.717) is 23.2 Å². The Bertz CT molecular complexity index is 834. The van der Waals surface area contributed by atoms with Crippen LogP contribution >= 0.6 is 0 Å². The average molecular weight is 360 g/mol. The normalized spacial score (nSPS) is 21.2. The minimum Gasteiger partial charge on any atom is -0.375 e. The van der Waals surface area contributed by atoms with Crippen LogP contribution in [0.15, 0.2) is 53.4 Å². The number of benzene rings is 2. The van der Waals surface area contributed by atoms with E-state index in [4.69, 9.17) is 4.74 Å². The predicted molar refractivity (Wildman–Crippen MR) is 101 cm³/mol. The Morgan fingerprint density at radius 1 is 1.08 bits per heavy atom. The lowest BCUT2D eigenvalue weighted by molar-refractivity contribution is 0.0344. The van der Waals surface area contributed by atoms with Crippen LogP contribution in [0.25, 0.3) is 0 Å². The van der Waals surface area contributed by atoms with Gasteiger partial charge < -0.3 is 9.64 Å². The summed E-state index contributed by atoms with van der Waals surface area (Å²) < 4.78 is 33.4. The summed E-state index contributed by atoms with van der Waals surface area (Å²) in [7, 11) is -3.58. The molecular weight excluding hydrogens is 336 g/mol. The molecule has 3 rings (SSSR count). The first-order chi connectivity index (χ1) is 11.9. The van der Waals surface area contributed by atoms with Gasteiger partial charge in [0.05, 0.1) is 17.6 Å². The summed E-state index contributed by atoms with van der Waals surface area (Å²) in [6.07, 6.45) is 0.190. The molecular formula is C19H24N2O3S. The molecule has 25 heavy (non-hydrogen) atoms. The van der Waals surface area contributed by atoms with Gasteiger partial charge >= 0.3 is 0 Å². The molecule has 1 saturated heterocycles. The SMILES string of the molecule is Cc1ccccc1S(=O)(=O)Nc1ccc(N2CC(C)OCC2C)cc1. The fraction of sp³-hybridized carbons (Fsp3) is 0.368. The largest absolute Gasteiger partial charge is 0.375 e. The van der Waals surface area contributed by atoms with Gasteiger partial charge in [0.15, 0.2) is 0 Å². The van der Waals surface area contributed by atoms with Gasteiger partial charge in [0.2, 0.25) is 0 Å². The Morgan fingerprint density at radius 3 is 2.44 bits per heavy atom. The first-order valence-electron chi connectivity index (χ1n) is 8.43. The average Bonchev–Trinajstić information content (AvgIpc) is 2.58. The van der Waals surface area contributed by atoms with Crippen molar-refractivity contribution in [2.75, 3.05) is 22.8 Å². The smallest absolute Gasteiger partial charge is 0.262 e. The van der Waals surface area contributed by atoms with Gasteiger partial charge in [-0.1, -0.05) is 18.2 Å². The number of nitrogens with zero attached hydrogens (tertiary/aromatic N) is 1. The summed E-state index contributed by atoms with van der Waals surface area (Å²) in [5, 5.41) is 0. The van der Waals surface area contributed by atoms with E-state index < -0.39 is 10.0 Å². The lowest BCUT2D eigenvalue weighted by Crippen LogP contribution is -2.47. The number of ether oxygens (including phenoxy) is 1. The summed E-state index contributed by atoms with van der Waals surface area (Å²) in [6.45, 7) is 7.50. The zero-order chi connectivity index (χ0) is 18.0. The van der Waals surface area contributed by atoms with Crippen molar-refractivity contribution in [3.63, 3.8) is 0 Å². The molecule has 1 fully saturated rings. The van der Waals surface area contributed by atoms with Crippen molar-refractivity contribution < 1.29 is 13.2 Å². The van der Waals surface area contributed by atoms with Crippen molar-refractivity contribution in [1.82, 2.24) is 0 Å². The van der Waals surface area contributed by atoms with E-state index in [1.165, 1.54) is 0 Å². The Kier molecular flexibility index (Phi) is 5.01. The molecule has 0 spiro atoms. The number of hydrogen-bond acceptors (Lipinski definition) is 4. The van der Waals surface area contributed by atoms with Gasteiger partial charge in [-0.15, -0.1) is 0 Å². The van der Waals surface area contributed by atoms with Crippen LogP contribution in [0.3, 0.4) is 0 Å². The van der Waals surface area contributed by atoms with Gasteiger partial charge in [0.1, 0.15) is 0 Å². The lowest BCUT2D eigenvalue weighted by Gasteiger charge is -2.38. The molecule has 1 aliphatic heterocycles. The Balaban J connectivity index is 1.78. The van der Waals surface area contributed by atoms with Gasteiger partial charge in [-0.25, -0.2) is 8.42 Å². The first-order valence-corrected chi connectivity index (χ1v) is 9.92. The highest BCUT2D eigenvalue weighted by molar-refractivity contribution is 7.92. The minimum atomic E-state index is -3.58. The van der Waals surface area contributed by atoms with Crippen LogP contribution < -0.4 is 9.62 Å². The molecule has 2 unspecified atom stereocenters. The van der Waals surface area contributed by atoms with E-state index in [1.807, 2.05) is 18.2 Å². The number of rotatable bonds is 4. The van der Waals surface area contributed by atoms with Crippen LogP contribution in [0.1, 0.15) is 19.4 Å². The standard InChI is InChI=1S/C19H24N2O3S/c1-14-6-4-5-7-19(14)25(22,23)20-17-8-10-18(11-9-17)21-12-16(3)24-13-15(21)2/h4-11,15-16,20H,12-13H2,1-3H3. The molecule has 0 radical (unpaired) electrons. The summed E-state index contributed by atoms with van der Waals surface area (Å²) in [4.78, 5) is 2.59. The molecule has 0 aliphatic carbocycles. The van der Waals surface area contributed by atoms with E-state index in [-0.39, 0.29) is 6.10 Å². The van der Waals surface area contributed by atoms with Gasteiger partial charge in [0.25, 0.3) is 10.0 Å². The molecule has 134 valence electrons. The lowest BCUT2D eigenvalue weighted by atomic mass is 10.1. The van der Waals surface area contributed by atoms with E-state index in [2.05, 4.69) is 23.5 Å². The fourth-order valence-electron chi connectivity index (χ4n) is 3.05. The molecule has 1 aliphatic rings. The van der Waals surface area contributed by atoms with Gasteiger partial charge in [0, 0.05) is 24.0 Å². The van der Waals surface area contributed by atoms with E-state index in [1.54, 1.807) is 37.3 Å². The molecule has 6 heteroatoms. The number of nitrogens with one attached hydrogen (secondary N) is 1. The molecule has 1 N–H and O–H groups in total. The van der Waals surface area contributed by atoms with E-state index in [0.717, 1.165) is 17.8 Å². The molecule has 2 atom stereocenters. The topological polar surface area (TPSA) is 58.6 Å². The molecule has 2 aromatic carbocycles. The monoisotopic (exact) mass is 360 g/mol. The second kappa shape index (κ2) is 7.06. The van der Waals surface area contributed by atoms with Crippen LogP contribution in [0.4, 0.5) is 11.4 Å². The molecule has 1 heterocycles. The van der Waals surface area contributed by atoms with Crippen molar-refractivity contribution in [3.05, 3.63) is 54.1 Å². The Hall–Kier alpha value is -2.05. The number of morpholine rings is 1. The molecule has 0 saturated carbocycles. The van der Waals surface area contributed by atoms with Crippen LogP contribution in [0, 0.1) is 6.92 Å². The highest BCUT2D eigenvalue weighted by atomic mass is 32.2. The molecule has 5 nitrogen and oxygen atoms in total. The predicted octanol–water partition coefficient (Wildman–Crippen LogP) is 3.41. The van der Waals surface area contributed by atoms with Gasteiger partial charge in [-0.05, 0) is 56.7 Å². The number of aryl methyl sites for hydroxylation is 1. The third-order valence-electron chi connectivity index (χ3n) is 4.44.